The Bertz CT molecular complexity index is 458. The van der Waals surface area contributed by atoms with Crippen LogP contribution in [-0.4, -0.2) is 35.8 Å². The molecule has 108 valence electrons. The van der Waals surface area contributed by atoms with Crippen LogP contribution in [0.2, 0.25) is 0 Å². The highest BCUT2D eigenvalue weighted by molar-refractivity contribution is 5.80. The van der Waals surface area contributed by atoms with Crippen LogP contribution in [0.1, 0.15) is 32.6 Å². The Morgan fingerprint density at radius 2 is 2.05 bits per heavy atom. The number of amides is 1. The van der Waals surface area contributed by atoms with Crippen LogP contribution in [0.4, 0.5) is 0 Å². The van der Waals surface area contributed by atoms with Gasteiger partial charge in [-0.2, -0.15) is 0 Å². The predicted molar refractivity (Wildman–Crippen MR) is 76.6 cm³/mol. The van der Waals surface area contributed by atoms with Gasteiger partial charge in [-0.25, -0.2) is 0 Å². The molecule has 1 aliphatic heterocycles. The molecule has 0 saturated carbocycles. The van der Waals surface area contributed by atoms with Gasteiger partial charge in [0.05, 0.1) is 13.0 Å². The number of rotatable bonds is 6. The molecule has 1 heterocycles. The molecule has 1 aromatic rings. The minimum Gasteiger partial charge on any atom is -0.493 e. The summed E-state index contributed by atoms with van der Waals surface area (Å²) in [4.78, 5) is 25.2. The number of Topliss-reactive ketones (excluding diaryl/α,β-unsaturated/α-hetero) is 1. The van der Waals surface area contributed by atoms with E-state index in [9.17, 15) is 9.59 Å². The molecule has 2 rings (SSSR count). The summed E-state index contributed by atoms with van der Waals surface area (Å²) in [7, 11) is 0. The average molecular weight is 275 g/mol. The van der Waals surface area contributed by atoms with Crippen LogP contribution in [0.25, 0.3) is 0 Å². The largest absolute Gasteiger partial charge is 0.493 e. The minimum atomic E-state index is 0.0877. The molecule has 4 heteroatoms. The highest BCUT2D eigenvalue weighted by Gasteiger charge is 2.29. The monoisotopic (exact) mass is 275 g/mol. The van der Waals surface area contributed by atoms with E-state index in [1.807, 2.05) is 35.2 Å². The molecule has 1 fully saturated rings. The van der Waals surface area contributed by atoms with Crippen molar-refractivity contribution in [2.24, 2.45) is 0 Å². The zero-order valence-electron chi connectivity index (χ0n) is 11.9. The first-order valence-corrected chi connectivity index (χ1v) is 7.13. The van der Waals surface area contributed by atoms with Crippen molar-refractivity contribution in [2.75, 3.05) is 13.2 Å². The molecule has 1 aromatic carbocycles. The molecule has 1 unspecified atom stereocenters. The number of nitrogens with zero attached hydrogens (tertiary/aromatic N) is 1. The molecule has 0 N–H and O–H groups in total. The fourth-order valence-electron chi connectivity index (χ4n) is 2.62. The van der Waals surface area contributed by atoms with Gasteiger partial charge in [0.25, 0.3) is 0 Å². The number of para-hydroxylation sites is 1. The molecule has 1 amide bonds. The van der Waals surface area contributed by atoms with Crippen LogP contribution < -0.4 is 4.74 Å². The summed E-state index contributed by atoms with van der Waals surface area (Å²) >= 11 is 0. The number of benzene rings is 1. The molecule has 0 spiro atoms. The van der Waals surface area contributed by atoms with E-state index in [1.54, 1.807) is 6.92 Å². The van der Waals surface area contributed by atoms with Crippen LogP contribution in [-0.2, 0) is 9.59 Å². The number of ketones is 1. The second kappa shape index (κ2) is 7.08. The number of hydrogen-bond donors (Lipinski definition) is 0. The maximum Gasteiger partial charge on any atom is 0.226 e. The lowest BCUT2D eigenvalue weighted by Gasteiger charge is -2.24. The summed E-state index contributed by atoms with van der Waals surface area (Å²) in [5.74, 6) is 1.02. The molecule has 1 saturated heterocycles. The van der Waals surface area contributed by atoms with Gasteiger partial charge in [0, 0.05) is 19.0 Å². The SMILES string of the molecule is CC(=O)CC1CCCN1C(=O)CCOc1ccccc1. The zero-order valence-corrected chi connectivity index (χ0v) is 11.9. The molecule has 1 aliphatic rings. The van der Waals surface area contributed by atoms with Crippen molar-refractivity contribution in [2.45, 2.75) is 38.6 Å². The molecule has 4 nitrogen and oxygen atoms in total. The molecule has 0 aromatic heterocycles. The minimum absolute atomic E-state index is 0.0877. The molecule has 0 aliphatic carbocycles. The van der Waals surface area contributed by atoms with Gasteiger partial charge < -0.3 is 9.64 Å². The lowest BCUT2D eigenvalue weighted by atomic mass is 10.1. The van der Waals surface area contributed by atoms with E-state index in [0.29, 0.717) is 19.4 Å². The first-order valence-electron chi connectivity index (χ1n) is 7.13. The summed E-state index contributed by atoms with van der Waals surface area (Å²) in [5.41, 5.74) is 0. The summed E-state index contributed by atoms with van der Waals surface area (Å²) < 4.78 is 5.54. The summed E-state index contributed by atoms with van der Waals surface area (Å²) in [5, 5.41) is 0. The number of likely N-dealkylation sites (tertiary alicyclic amines) is 1. The quantitative estimate of drug-likeness (QED) is 0.801. The summed E-state index contributed by atoms with van der Waals surface area (Å²) in [6.45, 7) is 2.73. The van der Waals surface area contributed by atoms with E-state index in [4.69, 9.17) is 4.74 Å². The first kappa shape index (κ1) is 14.6. The topological polar surface area (TPSA) is 46.6 Å². The first-order chi connectivity index (χ1) is 9.66. The van der Waals surface area contributed by atoms with Gasteiger partial charge >= 0.3 is 0 Å². The Balaban J connectivity index is 1.78. The Morgan fingerprint density at radius 3 is 2.75 bits per heavy atom. The third-order valence-electron chi connectivity index (χ3n) is 3.55. The third-order valence-corrected chi connectivity index (χ3v) is 3.55. The van der Waals surface area contributed by atoms with Crippen molar-refractivity contribution in [3.8, 4) is 5.75 Å². The van der Waals surface area contributed by atoms with Crippen LogP contribution in [0.5, 0.6) is 5.75 Å². The maximum absolute atomic E-state index is 12.2. The van der Waals surface area contributed by atoms with Crippen LogP contribution >= 0.6 is 0 Å². The fourth-order valence-corrected chi connectivity index (χ4v) is 2.62. The smallest absolute Gasteiger partial charge is 0.226 e. The van der Waals surface area contributed by atoms with E-state index in [0.717, 1.165) is 25.1 Å². The molecule has 0 bridgehead atoms. The van der Waals surface area contributed by atoms with E-state index in [1.165, 1.54) is 0 Å². The van der Waals surface area contributed by atoms with Crippen LogP contribution in [0, 0.1) is 0 Å². The number of hydrogen-bond acceptors (Lipinski definition) is 3. The molecule has 20 heavy (non-hydrogen) atoms. The predicted octanol–water partition coefficient (Wildman–Crippen LogP) is 2.43. The highest BCUT2D eigenvalue weighted by Crippen LogP contribution is 2.21. The van der Waals surface area contributed by atoms with Gasteiger partial charge in [-0.1, -0.05) is 18.2 Å². The van der Waals surface area contributed by atoms with Crippen molar-refractivity contribution in [3.63, 3.8) is 0 Å². The van der Waals surface area contributed by atoms with Crippen molar-refractivity contribution >= 4 is 11.7 Å². The van der Waals surface area contributed by atoms with Gasteiger partial charge in [-0.05, 0) is 31.9 Å². The van der Waals surface area contributed by atoms with Gasteiger partial charge in [0.2, 0.25) is 5.91 Å². The normalized spacial score (nSPS) is 18.1. The van der Waals surface area contributed by atoms with Gasteiger partial charge in [0.15, 0.2) is 0 Å². The Morgan fingerprint density at radius 1 is 1.30 bits per heavy atom. The van der Waals surface area contributed by atoms with Gasteiger partial charge in [-0.15, -0.1) is 0 Å². The maximum atomic E-state index is 12.2. The lowest BCUT2D eigenvalue weighted by molar-refractivity contribution is -0.133. The molecular formula is C16H21NO3. The third kappa shape index (κ3) is 4.08. The van der Waals surface area contributed by atoms with E-state index < -0.39 is 0 Å². The van der Waals surface area contributed by atoms with E-state index in [-0.39, 0.29) is 17.7 Å². The van der Waals surface area contributed by atoms with Crippen molar-refractivity contribution in [1.82, 2.24) is 4.90 Å². The van der Waals surface area contributed by atoms with Crippen molar-refractivity contribution in [3.05, 3.63) is 30.3 Å². The van der Waals surface area contributed by atoms with Gasteiger partial charge in [-0.3, -0.25) is 9.59 Å². The summed E-state index contributed by atoms with van der Waals surface area (Å²) in [6, 6.07) is 9.57. The van der Waals surface area contributed by atoms with Crippen LogP contribution in [0.15, 0.2) is 30.3 Å². The Kier molecular flexibility index (Phi) is 5.16. The molecular weight excluding hydrogens is 254 g/mol. The lowest BCUT2D eigenvalue weighted by Crippen LogP contribution is -2.37. The second-order valence-corrected chi connectivity index (χ2v) is 5.20. The number of ether oxygens (including phenoxy) is 1. The van der Waals surface area contributed by atoms with Crippen LogP contribution in [0.3, 0.4) is 0 Å². The highest BCUT2D eigenvalue weighted by atomic mass is 16.5. The standard InChI is InChI=1S/C16H21NO3/c1-13(18)12-14-6-5-10-17(14)16(19)9-11-20-15-7-3-2-4-8-15/h2-4,7-8,14H,5-6,9-12H2,1H3. The second-order valence-electron chi connectivity index (χ2n) is 5.20. The van der Waals surface area contributed by atoms with Crippen molar-refractivity contribution < 1.29 is 14.3 Å². The average Bonchev–Trinajstić information content (AvgIpc) is 2.87. The van der Waals surface area contributed by atoms with Crippen molar-refractivity contribution in [1.29, 1.82) is 0 Å². The fraction of sp³-hybridized carbons (Fsp3) is 0.500. The van der Waals surface area contributed by atoms with E-state index in [2.05, 4.69) is 0 Å². The summed E-state index contributed by atoms with van der Waals surface area (Å²) in [6.07, 6.45) is 2.77. The number of carbonyl (C=O) groups excluding carboxylic acids is 2. The molecule has 0 radical (unpaired) electrons. The molecule has 1 atom stereocenters. The zero-order chi connectivity index (χ0) is 14.4. The van der Waals surface area contributed by atoms with Gasteiger partial charge in [0.1, 0.15) is 11.5 Å². The Labute approximate surface area is 119 Å². The number of carbonyl (C=O) groups is 2. The van der Waals surface area contributed by atoms with E-state index >= 15 is 0 Å². The Hall–Kier alpha value is -1.84.